The third-order valence-electron chi connectivity index (χ3n) is 5.40. The summed E-state index contributed by atoms with van der Waals surface area (Å²) in [5, 5.41) is 0. The van der Waals surface area contributed by atoms with Gasteiger partial charge in [-0.25, -0.2) is 9.97 Å². The van der Waals surface area contributed by atoms with Crippen LogP contribution >= 0.6 is 24.0 Å². The van der Waals surface area contributed by atoms with Gasteiger partial charge >= 0.3 is 0 Å². The molecule has 1 saturated heterocycles. The number of aromatic nitrogens is 2. The second kappa shape index (κ2) is 9.67. The van der Waals surface area contributed by atoms with Crippen LogP contribution in [0.3, 0.4) is 0 Å². The van der Waals surface area contributed by atoms with Crippen molar-refractivity contribution in [1.82, 2.24) is 14.9 Å². The minimum absolute atomic E-state index is 0. The van der Waals surface area contributed by atoms with Crippen LogP contribution < -0.4 is 20.1 Å². The molecule has 30 heavy (non-hydrogen) atoms. The molecule has 2 aromatic rings. The van der Waals surface area contributed by atoms with E-state index in [0.717, 1.165) is 49.2 Å². The molecule has 8 nitrogen and oxygen atoms in total. The normalized spacial score (nSPS) is 16.8. The van der Waals surface area contributed by atoms with Crippen molar-refractivity contribution in [1.29, 1.82) is 0 Å². The average Bonchev–Trinajstić information content (AvgIpc) is 2.78. The van der Waals surface area contributed by atoms with E-state index in [9.17, 15) is 0 Å². The number of fused-ring (bicyclic) bond motifs is 1. The minimum Gasteiger partial charge on any atom is -0.486 e. The molecule has 4 rings (SSSR count). The first-order valence-corrected chi connectivity index (χ1v) is 10.00. The number of anilines is 1. The number of nitrogens with two attached hydrogens (primary N) is 1. The predicted molar refractivity (Wildman–Crippen MR) is 128 cm³/mol. The maximum atomic E-state index is 6.31. The maximum Gasteiger partial charge on any atom is 0.225 e. The van der Waals surface area contributed by atoms with Crippen LogP contribution in [0, 0.1) is 0 Å². The summed E-state index contributed by atoms with van der Waals surface area (Å²) >= 11 is 0. The van der Waals surface area contributed by atoms with Crippen molar-refractivity contribution in [3.05, 3.63) is 42.2 Å². The Labute approximate surface area is 194 Å². The highest BCUT2D eigenvalue weighted by molar-refractivity contribution is 14.0. The summed E-state index contributed by atoms with van der Waals surface area (Å²) in [5.74, 6) is 2.96. The Morgan fingerprint density at radius 1 is 1.07 bits per heavy atom. The van der Waals surface area contributed by atoms with Crippen LogP contribution in [0.4, 0.5) is 5.95 Å². The number of aliphatic imine (C=N–C) groups is 1. The van der Waals surface area contributed by atoms with Crippen LogP contribution in [0.25, 0.3) is 0 Å². The first kappa shape index (κ1) is 22.4. The molecule has 2 aliphatic rings. The Balaban J connectivity index is 0.00000256. The summed E-state index contributed by atoms with van der Waals surface area (Å²) in [5.41, 5.74) is 7.30. The van der Waals surface area contributed by atoms with Gasteiger partial charge in [0.05, 0.1) is 6.54 Å². The SMILES string of the molecule is CC(C)(CN=C(N)N1CCN(c2ncccn2)CC1)c1ccc2c(c1)OCCO2.I. The van der Waals surface area contributed by atoms with E-state index in [0.29, 0.717) is 25.7 Å². The smallest absolute Gasteiger partial charge is 0.225 e. The van der Waals surface area contributed by atoms with E-state index in [1.807, 2.05) is 12.1 Å². The lowest BCUT2D eigenvalue weighted by Gasteiger charge is -2.35. The summed E-state index contributed by atoms with van der Waals surface area (Å²) < 4.78 is 11.3. The van der Waals surface area contributed by atoms with Gasteiger partial charge in [0.25, 0.3) is 0 Å². The highest BCUT2D eigenvalue weighted by Gasteiger charge is 2.25. The van der Waals surface area contributed by atoms with E-state index < -0.39 is 0 Å². The van der Waals surface area contributed by atoms with Crippen LogP contribution in [-0.2, 0) is 5.41 Å². The van der Waals surface area contributed by atoms with Crippen molar-refractivity contribution >= 4 is 35.9 Å². The molecule has 0 saturated carbocycles. The zero-order valence-corrected chi connectivity index (χ0v) is 19.8. The molecule has 0 unspecified atom stereocenters. The third kappa shape index (κ3) is 5.05. The molecule has 0 amide bonds. The van der Waals surface area contributed by atoms with Gasteiger partial charge in [-0.05, 0) is 23.8 Å². The van der Waals surface area contributed by atoms with Gasteiger partial charge in [-0.3, -0.25) is 4.99 Å². The van der Waals surface area contributed by atoms with E-state index in [1.165, 1.54) is 0 Å². The molecule has 0 bridgehead atoms. The van der Waals surface area contributed by atoms with Gasteiger partial charge in [0.15, 0.2) is 17.5 Å². The highest BCUT2D eigenvalue weighted by Crippen LogP contribution is 2.35. The molecule has 1 aromatic carbocycles. The number of piperazine rings is 1. The number of hydrogen-bond acceptors (Lipinski definition) is 6. The van der Waals surface area contributed by atoms with Crippen LogP contribution in [-0.4, -0.2) is 66.8 Å². The van der Waals surface area contributed by atoms with Crippen LogP contribution in [0.1, 0.15) is 19.4 Å². The molecule has 0 spiro atoms. The lowest BCUT2D eigenvalue weighted by atomic mass is 9.84. The second-order valence-electron chi connectivity index (χ2n) is 7.94. The number of hydrogen-bond donors (Lipinski definition) is 1. The monoisotopic (exact) mass is 524 g/mol. The fraction of sp³-hybridized carbons (Fsp3) is 0.476. The van der Waals surface area contributed by atoms with E-state index in [4.69, 9.17) is 20.2 Å². The van der Waals surface area contributed by atoms with Crippen LogP contribution in [0.5, 0.6) is 11.5 Å². The summed E-state index contributed by atoms with van der Waals surface area (Å²) in [6, 6.07) is 7.94. The molecule has 1 aromatic heterocycles. The largest absolute Gasteiger partial charge is 0.486 e. The van der Waals surface area contributed by atoms with Crippen LogP contribution in [0.15, 0.2) is 41.7 Å². The first-order chi connectivity index (χ1) is 14.0. The van der Waals surface area contributed by atoms with E-state index >= 15 is 0 Å². The van der Waals surface area contributed by atoms with Crippen molar-refractivity contribution < 1.29 is 9.47 Å². The fourth-order valence-electron chi connectivity index (χ4n) is 3.52. The van der Waals surface area contributed by atoms with Gasteiger partial charge in [-0.2, -0.15) is 0 Å². The van der Waals surface area contributed by atoms with E-state index in [-0.39, 0.29) is 29.4 Å². The Morgan fingerprint density at radius 3 is 2.43 bits per heavy atom. The van der Waals surface area contributed by atoms with Crippen molar-refractivity contribution in [3.63, 3.8) is 0 Å². The lowest BCUT2D eigenvalue weighted by Crippen LogP contribution is -2.51. The topological polar surface area (TPSA) is 89.1 Å². The van der Waals surface area contributed by atoms with Crippen molar-refractivity contribution in [2.24, 2.45) is 10.7 Å². The third-order valence-corrected chi connectivity index (χ3v) is 5.40. The molecule has 0 aliphatic carbocycles. The molecule has 2 N–H and O–H groups in total. The lowest BCUT2D eigenvalue weighted by molar-refractivity contribution is 0.171. The van der Waals surface area contributed by atoms with E-state index in [1.54, 1.807) is 12.4 Å². The molecule has 162 valence electrons. The van der Waals surface area contributed by atoms with Gasteiger partial charge < -0.3 is 25.0 Å². The summed E-state index contributed by atoms with van der Waals surface area (Å²) in [6.45, 7) is 9.37. The number of guanidine groups is 1. The molecular weight excluding hydrogens is 495 g/mol. The molecule has 0 atom stereocenters. The average molecular weight is 524 g/mol. The van der Waals surface area contributed by atoms with Gasteiger partial charge in [0, 0.05) is 44.0 Å². The van der Waals surface area contributed by atoms with Crippen LogP contribution in [0.2, 0.25) is 0 Å². The Bertz CT molecular complexity index is 869. The standard InChI is InChI=1S/C21H28N6O2.HI/c1-21(2,16-4-5-17-18(14-16)29-13-12-28-17)15-25-19(22)26-8-10-27(11-9-26)20-23-6-3-7-24-20;/h3-7,14H,8-13,15H2,1-2H3,(H2,22,25);1H. The first-order valence-electron chi connectivity index (χ1n) is 10.00. The Kier molecular flexibility index (Phi) is 7.22. The quantitative estimate of drug-likeness (QED) is 0.373. The number of rotatable bonds is 4. The number of halogens is 1. The molecule has 2 aliphatic heterocycles. The minimum atomic E-state index is -0.167. The molecule has 1 fully saturated rings. The summed E-state index contributed by atoms with van der Waals surface area (Å²) in [7, 11) is 0. The van der Waals surface area contributed by atoms with Gasteiger partial charge in [0.2, 0.25) is 5.95 Å². The summed E-state index contributed by atoms with van der Waals surface area (Å²) in [4.78, 5) is 17.6. The Morgan fingerprint density at radius 2 is 1.73 bits per heavy atom. The van der Waals surface area contributed by atoms with Crippen molar-refractivity contribution in [2.45, 2.75) is 19.3 Å². The zero-order valence-electron chi connectivity index (χ0n) is 17.5. The van der Waals surface area contributed by atoms with E-state index in [2.05, 4.69) is 45.7 Å². The maximum absolute atomic E-state index is 6.31. The fourth-order valence-corrected chi connectivity index (χ4v) is 3.52. The van der Waals surface area contributed by atoms with Gasteiger partial charge in [-0.1, -0.05) is 19.9 Å². The zero-order chi connectivity index (χ0) is 20.3. The molecular formula is C21H29IN6O2. The van der Waals surface area contributed by atoms with Crippen molar-refractivity contribution in [3.8, 4) is 11.5 Å². The highest BCUT2D eigenvalue weighted by atomic mass is 127. The number of ether oxygens (including phenoxy) is 2. The van der Waals surface area contributed by atoms with Crippen molar-refractivity contribution in [2.75, 3.05) is 50.8 Å². The Hall–Kier alpha value is -2.30. The number of nitrogens with zero attached hydrogens (tertiary/aromatic N) is 5. The van der Waals surface area contributed by atoms with Gasteiger partial charge in [0.1, 0.15) is 13.2 Å². The van der Waals surface area contributed by atoms with Gasteiger partial charge in [-0.15, -0.1) is 24.0 Å². The summed E-state index contributed by atoms with van der Waals surface area (Å²) in [6.07, 6.45) is 3.54. The second-order valence-corrected chi connectivity index (χ2v) is 7.94. The molecule has 0 radical (unpaired) electrons. The predicted octanol–water partition coefficient (Wildman–Crippen LogP) is 2.28. The molecule has 3 heterocycles. The molecule has 9 heteroatoms. The number of benzene rings is 1.